The molecule has 3 aromatic rings. The number of amides is 2. The lowest BCUT2D eigenvalue weighted by atomic mass is 9.99. The van der Waals surface area contributed by atoms with Crippen LogP contribution in [0.15, 0.2) is 24.4 Å². The zero-order valence-corrected chi connectivity index (χ0v) is 16.7. The van der Waals surface area contributed by atoms with Crippen molar-refractivity contribution < 1.29 is 4.79 Å². The lowest BCUT2D eigenvalue weighted by molar-refractivity contribution is 0.185. The summed E-state index contributed by atoms with van der Waals surface area (Å²) >= 11 is 0. The highest BCUT2D eigenvalue weighted by Crippen LogP contribution is 2.27. The van der Waals surface area contributed by atoms with Gasteiger partial charge in [-0.05, 0) is 62.4 Å². The summed E-state index contributed by atoms with van der Waals surface area (Å²) in [5.74, 6) is 1.51. The van der Waals surface area contributed by atoms with Crippen LogP contribution >= 0.6 is 0 Å². The number of aromatic amines is 2. The fraction of sp³-hybridized carbons (Fsp3) is 0.476. The molecule has 1 aliphatic carbocycles. The minimum Gasteiger partial charge on any atom is -0.337 e. The number of imidazole rings is 1. The minimum atomic E-state index is -0.204. The fourth-order valence-electron chi connectivity index (χ4n) is 3.88. The van der Waals surface area contributed by atoms with Crippen LogP contribution in [0.5, 0.6) is 0 Å². The monoisotopic (exact) mass is 393 g/mol. The second-order valence-corrected chi connectivity index (χ2v) is 8.43. The smallest absolute Gasteiger partial charge is 0.319 e. The van der Waals surface area contributed by atoms with Crippen LogP contribution in [0.4, 0.5) is 10.5 Å². The van der Waals surface area contributed by atoms with Gasteiger partial charge in [-0.25, -0.2) is 9.78 Å². The third kappa shape index (κ3) is 4.12. The maximum absolute atomic E-state index is 12.1. The number of carbonyl (C=O) groups is 1. The van der Waals surface area contributed by atoms with Crippen LogP contribution in [0.2, 0.25) is 0 Å². The van der Waals surface area contributed by atoms with E-state index in [9.17, 15) is 4.79 Å². The number of carbonyl (C=O) groups excluding carboxylic acids is 1. The molecule has 0 unspecified atom stereocenters. The standard InChI is InChI=1S/C21H27N7O/c1-13-6-8-28(9-7-13)12-14-2-5-16-17(10-14)25-20(24-16)19-18(11-22-27-19)26-21(29)23-15-3-4-15/h2,5,10-11,13,15H,3-4,6-9,12H2,1H3,(H,22,27)(H,24,25)(H2,23,26,29). The van der Waals surface area contributed by atoms with Gasteiger partial charge in [-0.15, -0.1) is 0 Å². The van der Waals surface area contributed by atoms with Gasteiger partial charge >= 0.3 is 6.03 Å². The molecule has 1 saturated heterocycles. The third-order valence-corrected chi connectivity index (χ3v) is 5.87. The molecule has 5 rings (SSSR count). The molecule has 8 nitrogen and oxygen atoms in total. The number of likely N-dealkylation sites (tertiary alicyclic amines) is 1. The number of rotatable bonds is 5. The number of nitrogens with one attached hydrogen (secondary N) is 4. The highest BCUT2D eigenvalue weighted by molar-refractivity contribution is 5.93. The number of piperidine rings is 1. The van der Waals surface area contributed by atoms with Crippen molar-refractivity contribution in [1.82, 2.24) is 30.4 Å². The molecular weight excluding hydrogens is 366 g/mol. The lowest BCUT2D eigenvalue weighted by Gasteiger charge is -2.30. The molecule has 1 aliphatic heterocycles. The molecule has 0 radical (unpaired) electrons. The molecule has 3 heterocycles. The first-order valence-corrected chi connectivity index (χ1v) is 10.5. The Hall–Kier alpha value is -2.87. The Kier molecular flexibility index (Phi) is 4.71. The van der Waals surface area contributed by atoms with Gasteiger partial charge in [0.25, 0.3) is 0 Å². The molecule has 1 saturated carbocycles. The topological polar surface area (TPSA) is 102 Å². The number of hydrogen-bond acceptors (Lipinski definition) is 4. The molecule has 2 aliphatic rings. The van der Waals surface area contributed by atoms with Crippen LogP contribution in [0, 0.1) is 5.92 Å². The van der Waals surface area contributed by atoms with Gasteiger partial charge in [-0.1, -0.05) is 13.0 Å². The number of fused-ring (bicyclic) bond motifs is 1. The van der Waals surface area contributed by atoms with E-state index in [2.05, 4.69) is 60.8 Å². The zero-order chi connectivity index (χ0) is 19.8. The first-order valence-electron chi connectivity index (χ1n) is 10.5. The Morgan fingerprint density at radius 3 is 2.86 bits per heavy atom. The predicted molar refractivity (Wildman–Crippen MR) is 113 cm³/mol. The first-order chi connectivity index (χ1) is 14.1. The van der Waals surface area contributed by atoms with Gasteiger partial charge < -0.3 is 15.6 Å². The van der Waals surface area contributed by atoms with Crippen molar-refractivity contribution in [3.05, 3.63) is 30.0 Å². The van der Waals surface area contributed by atoms with Gasteiger partial charge in [0.1, 0.15) is 5.69 Å². The van der Waals surface area contributed by atoms with Crippen molar-refractivity contribution in [2.45, 2.75) is 45.2 Å². The molecule has 0 atom stereocenters. The molecule has 152 valence electrons. The number of aromatic nitrogens is 4. The highest BCUT2D eigenvalue weighted by atomic mass is 16.2. The average Bonchev–Trinajstić information content (AvgIpc) is 3.23. The van der Waals surface area contributed by atoms with Gasteiger partial charge in [0.15, 0.2) is 5.82 Å². The first kappa shape index (κ1) is 18.2. The molecule has 29 heavy (non-hydrogen) atoms. The number of nitrogens with zero attached hydrogens (tertiary/aromatic N) is 3. The van der Waals surface area contributed by atoms with Crippen molar-refractivity contribution in [2.75, 3.05) is 18.4 Å². The molecular formula is C21H27N7O. The van der Waals surface area contributed by atoms with E-state index in [0.29, 0.717) is 23.2 Å². The molecule has 0 spiro atoms. The van der Waals surface area contributed by atoms with E-state index in [1.165, 1.54) is 31.5 Å². The summed E-state index contributed by atoms with van der Waals surface area (Å²) in [4.78, 5) is 22.7. The molecule has 8 heteroatoms. The van der Waals surface area contributed by atoms with Crippen molar-refractivity contribution in [3.8, 4) is 11.5 Å². The Morgan fingerprint density at radius 1 is 1.24 bits per heavy atom. The molecule has 2 amide bonds. The van der Waals surface area contributed by atoms with Crippen LogP contribution in [-0.4, -0.2) is 50.2 Å². The zero-order valence-electron chi connectivity index (χ0n) is 16.7. The summed E-state index contributed by atoms with van der Waals surface area (Å²) in [5.41, 5.74) is 4.47. The van der Waals surface area contributed by atoms with E-state index >= 15 is 0 Å². The van der Waals surface area contributed by atoms with E-state index < -0.39 is 0 Å². The third-order valence-electron chi connectivity index (χ3n) is 5.87. The van der Waals surface area contributed by atoms with Gasteiger partial charge in [-0.3, -0.25) is 10.00 Å². The van der Waals surface area contributed by atoms with Crippen LogP contribution in [0.3, 0.4) is 0 Å². The Bertz CT molecular complexity index is 1010. The van der Waals surface area contributed by atoms with E-state index in [0.717, 1.165) is 36.3 Å². The Labute approximate surface area is 169 Å². The van der Waals surface area contributed by atoms with Gasteiger partial charge in [0, 0.05) is 12.6 Å². The Balaban J connectivity index is 1.32. The SMILES string of the molecule is CC1CCN(Cc2ccc3nc(-c4[nH]ncc4NC(=O)NC4CC4)[nH]c3c2)CC1. The van der Waals surface area contributed by atoms with Crippen LogP contribution < -0.4 is 10.6 Å². The van der Waals surface area contributed by atoms with Crippen LogP contribution in [0.1, 0.15) is 38.2 Å². The lowest BCUT2D eigenvalue weighted by Crippen LogP contribution is -2.32. The van der Waals surface area contributed by atoms with E-state index in [4.69, 9.17) is 0 Å². The summed E-state index contributed by atoms with van der Waals surface area (Å²) in [6, 6.07) is 6.48. The average molecular weight is 393 g/mol. The summed E-state index contributed by atoms with van der Waals surface area (Å²) in [6.07, 6.45) is 6.26. The van der Waals surface area contributed by atoms with Crippen molar-refractivity contribution in [2.24, 2.45) is 5.92 Å². The minimum absolute atomic E-state index is 0.204. The number of anilines is 1. The summed E-state index contributed by atoms with van der Waals surface area (Å²) in [5, 5.41) is 12.8. The predicted octanol–water partition coefficient (Wildman–Crippen LogP) is 3.47. The molecule has 4 N–H and O–H groups in total. The number of H-pyrrole nitrogens is 2. The maximum Gasteiger partial charge on any atom is 0.319 e. The maximum atomic E-state index is 12.1. The largest absolute Gasteiger partial charge is 0.337 e. The summed E-state index contributed by atoms with van der Waals surface area (Å²) < 4.78 is 0. The van der Waals surface area contributed by atoms with E-state index in [1.54, 1.807) is 6.20 Å². The second kappa shape index (κ2) is 7.51. The van der Waals surface area contributed by atoms with Crippen molar-refractivity contribution >= 4 is 22.8 Å². The molecule has 0 bridgehead atoms. The quantitative estimate of drug-likeness (QED) is 0.533. The summed E-state index contributed by atoms with van der Waals surface area (Å²) in [7, 11) is 0. The van der Waals surface area contributed by atoms with E-state index in [1.807, 2.05) is 0 Å². The highest BCUT2D eigenvalue weighted by Gasteiger charge is 2.24. The molecule has 2 aromatic heterocycles. The number of benzene rings is 1. The van der Waals surface area contributed by atoms with Crippen molar-refractivity contribution in [1.29, 1.82) is 0 Å². The number of hydrogen-bond donors (Lipinski definition) is 4. The van der Waals surface area contributed by atoms with Gasteiger partial charge in [-0.2, -0.15) is 5.10 Å². The molecule has 1 aromatic carbocycles. The van der Waals surface area contributed by atoms with Crippen molar-refractivity contribution in [3.63, 3.8) is 0 Å². The van der Waals surface area contributed by atoms with E-state index in [-0.39, 0.29) is 6.03 Å². The molecule has 2 fully saturated rings. The van der Waals surface area contributed by atoms with Crippen LogP contribution in [0.25, 0.3) is 22.6 Å². The second-order valence-electron chi connectivity index (χ2n) is 8.43. The Morgan fingerprint density at radius 2 is 2.07 bits per heavy atom. The van der Waals surface area contributed by atoms with Gasteiger partial charge in [0.05, 0.1) is 22.9 Å². The van der Waals surface area contributed by atoms with Crippen LogP contribution in [-0.2, 0) is 6.54 Å². The normalized spacial score (nSPS) is 18.2. The summed E-state index contributed by atoms with van der Waals surface area (Å²) in [6.45, 7) is 5.64. The fourth-order valence-corrected chi connectivity index (χ4v) is 3.88. The van der Waals surface area contributed by atoms with Gasteiger partial charge in [0.2, 0.25) is 0 Å². The number of urea groups is 1.